The predicted molar refractivity (Wildman–Crippen MR) is 24.0 cm³/mol. The van der Waals surface area contributed by atoms with Crippen LogP contribution in [0.3, 0.4) is 0 Å². The van der Waals surface area contributed by atoms with Crippen LogP contribution in [0.1, 0.15) is 0 Å². The molecule has 1 unspecified atom stereocenters. The standard InChI is InChI=1S/C2H7O3P/c3-1-2(4,5)6/h3-5H,1,6H2. The summed E-state index contributed by atoms with van der Waals surface area (Å²) in [5, 5.41) is 24.1. The first-order chi connectivity index (χ1) is 2.56. The van der Waals surface area contributed by atoms with Gasteiger partial charge in [-0.1, -0.05) is 9.24 Å². The summed E-state index contributed by atoms with van der Waals surface area (Å²) in [4.78, 5) is 0. The average Bonchev–Trinajstić information content (AvgIpc) is 1.35. The van der Waals surface area contributed by atoms with Crippen LogP contribution >= 0.6 is 9.24 Å². The average molecular weight is 110 g/mol. The first-order valence-electron chi connectivity index (χ1n) is 1.41. The molecule has 38 valence electrons. The highest BCUT2D eigenvalue weighted by atomic mass is 31.0. The molecule has 1 atom stereocenters. The van der Waals surface area contributed by atoms with Gasteiger partial charge in [0.05, 0.1) is 0 Å². The topological polar surface area (TPSA) is 60.7 Å². The minimum atomic E-state index is -1.99. The zero-order valence-corrected chi connectivity index (χ0v) is 4.28. The summed E-state index contributed by atoms with van der Waals surface area (Å²) >= 11 is 0. The van der Waals surface area contributed by atoms with Gasteiger partial charge in [-0.15, -0.1) is 0 Å². The van der Waals surface area contributed by atoms with Gasteiger partial charge < -0.3 is 15.3 Å². The van der Waals surface area contributed by atoms with Gasteiger partial charge in [-0.05, 0) is 0 Å². The second-order valence-corrected chi connectivity index (χ2v) is 1.96. The van der Waals surface area contributed by atoms with E-state index in [9.17, 15) is 0 Å². The van der Waals surface area contributed by atoms with Crippen molar-refractivity contribution in [2.45, 2.75) is 5.53 Å². The van der Waals surface area contributed by atoms with Gasteiger partial charge in [0.15, 0.2) is 5.53 Å². The fraction of sp³-hybridized carbons (Fsp3) is 1.00. The van der Waals surface area contributed by atoms with Gasteiger partial charge in [0.2, 0.25) is 0 Å². The molecule has 3 nitrogen and oxygen atoms in total. The molecule has 0 aliphatic heterocycles. The molecule has 0 aromatic rings. The van der Waals surface area contributed by atoms with Crippen molar-refractivity contribution in [1.82, 2.24) is 0 Å². The highest BCUT2D eigenvalue weighted by Crippen LogP contribution is 2.05. The zero-order chi connectivity index (χ0) is 5.21. The van der Waals surface area contributed by atoms with E-state index in [2.05, 4.69) is 0 Å². The van der Waals surface area contributed by atoms with Crippen molar-refractivity contribution in [3.63, 3.8) is 0 Å². The third-order valence-corrected chi connectivity index (χ3v) is 0.415. The fourth-order valence-corrected chi connectivity index (χ4v) is 0. The number of hydrogen-bond acceptors (Lipinski definition) is 3. The molecule has 0 fully saturated rings. The van der Waals surface area contributed by atoms with E-state index in [4.69, 9.17) is 15.3 Å². The maximum Gasteiger partial charge on any atom is 0.199 e. The summed E-state index contributed by atoms with van der Waals surface area (Å²) in [6.07, 6.45) is 0. The molecule has 4 heteroatoms. The largest absolute Gasteiger partial charge is 0.390 e. The molecule has 0 heterocycles. The summed E-state index contributed by atoms with van der Waals surface area (Å²) in [6, 6.07) is 0. The highest BCUT2D eigenvalue weighted by Gasteiger charge is 2.10. The highest BCUT2D eigenvalue weighted by molar-refractivity contribution is 7.18. The first-order valence-corrected chi connectivity index (χ1v) is 1.98. The van der Waals surface area contributed by atoms with Crippen molar-refractivity contribution in [1.29, 1.82) is 0 Å². The molecule has 0 spiro atoms. The first kappa shape index (κ1) is 6.31. The van der Waals surface area contributed by atoms with Crippen LogP contribution in [-0.2, 0) is 0 Å². The van der Waals surface area contributed by atoms with E-state index < -0.39 is 12.1 Å². The summed E-state index contributed by atoms with van der Waals surface area (Å²) in [7, 11) is 1.65. The smallest absolute Gasteiger partial charge is 0.199 e. The Kier molecular flexibility index (Phi) is 1.94. The van der Waals surface area contributed by atoms with Gasteiger partial charge in [-0.25, -0.2) is 0 Å². The molecule has 0 saturated carbocycles. The molecular formula is C2H7O3P. The lowest BCUT2D eigenvalue weighted by Crippen LogP contribution is -2.22. The molecule has 0 aromatic heterocycles. The van der Waals surface area contributed by atoms with E-state index in [0.29, 0.717) is 0 Å². The molecule has 0 radical (unpaired) electrons. The molecule has 0 bridgehead atoms. The molecule has 0 rings (SSSR count). The minimum Gasteiger partial charge on any atom is -0.390 e. The van der Waals surface area contributed by atoms with E-state index in [0.717, 1.165) is 0 Å². The van der Waals surface area contributed by atoms with E-state index in [-0.39, 0.29) is 0 Å². The van der Waals surface area contributed by atoms with Crippen LogP contribution in [0.15, 0.2) is 0 Å². The third-order valence-electron chi connectivity index (χ3n) is 0.233. The minimum absolute atomic E-state index is 0.655. The zero-order valence-electron chi connectivity index (χ0n) is 3.13. The monoisotopic (exact) mass is 110 g/mol. The molecular weight excluding hydrogens is 103 g/mol. The second-order valence-electron chi connectivity index (χ2n) is 1.04. The Bertz CT molecular complexity index is 38.5. The van der Waals surface area contributed by atoms with Crippen LogP contribution in [0, 0.1) is 0 Å². The van der Waals surface area contributed by atoms with Crippen molar-refractivity contribution >= 4 is 9.24 Å². The number of hydrogen-bond donors (Lipinski definition) is 3. The van der Waals surface area contributed by atoms with E-state index in [1.54, 1.807) is 9.24 Å². The van der Waals surface area contributed by atoms with E-state index >= 15 is 0 Å². The van der Waals surface area contributed by atoms with Gasteiger partial charge in [0.25, 0.3) is 0 Å². The van der Waals surface area contributed by atoms with Crippen LogP contribution in [0.2, 0.25) is 0 Å². The Morgan fingerprint density at radius 2 is 1.67 bits per heavy atom. The Morgan fingerprint density at radius 3 is 1.67 bits per heavy atom. The SMILES string of the molecule is OCC(O)(O)P. The third kappa shape index (κ3) is 4.31. The van der Waals surface area contributed by atoms with Gasteiger partial charge in [0.1, 0.15) is 6.61 Å². The quantitative estimate of drug-likeness (QED) is 0.284. The van der Waals surface area contributed by atoms with Gasteiger partial charge >= 0.3 is 0 Å². The van der Waals surface area contributed by atoms with Crippen molar-refractivity contribution < 1.29 is 15.3 Å². The van der Waals surface area contributed by atoms with Crippen molar-refractivity contribution in [3.8, 4) is 0 Å². The van der Waals surface area contributed by atoms with E-state index in [1.807, 2.05) is 0 Å². The van der Waals surface area contributed by atoms with Crippen LogP contribution in [0.5, 0.6) is 0 Å². The normalized spacial score (nSPS) is 12.0. The summed E-state index contributed by atoms with van der Waals surface area (Å²) in [6.45, 7) is -0.655. The van der Waals surface area contributed by atoms with Crippen LogP contribution in [0.4, 0.5) is 0 Å². The molecule has 0 aliphatic carbocycles. The lowest BCUT2D eigenvalue weighted by atomic mass is 10.7. The number of aliphatic hydroxyl groups is 3. The lowest BCUT2D eigenvalue weighted by Gasteiger charge is -2.08. The van der Waals surface area contributed by atoms with Crippen molar-refractivity contribution in [3.05, 3.63) is 0 Å². The Morgan fingerprint density at radius 1 is 1.50 bits per heavy atom. The Hall–Kier alpha value is 0.310. The lowest BCUT2D eigenvalue weighted by molar-refractivity contribution is -0.109. The van der Waals surface area contributed by atoms with E-state index in [1.165, 1.54) is 0 Å². The summed E-state index contributed by atoms with van der Waals surface area (Å²) in [5.74, 6) is 0. The van der Waals surface area contributed by atoms with Crippen LogP contribution in [0.25, 0.3) is 0 Å². The number of rotatable bonds is 1. The van der Waals surface area contributed by atoms with Crippen LogP contribution in [-0.4, -0.2) is 27.5 Å². The van der Waals surface area contributed by atoms with Gasteiger partial charge in [-0.2, -0.15) is 0 Å². The molecule has 3 N–H and O–H groups in total. The second kappa shape index (κ2) is 1.85. The summed E-state index contributed by atoms with van der Waals surface area (Å²) < 4.78 is 0. The molecule has 6 heavy (non-hydrogen) atoms. The summed E-state index contributed by atoms with van der Waals surface area (Å²) in [5.41, 5.74) is -1.99. The maximum atomic E-state index is 8.09. The molecule has 0 amide bonds. The maximum absolute atomic E-state index is 8.09. The van der Waals surface area contributed by atoms with Crippen LogP contribution < -0.4 is 0 Å². The Labute approximate surface area is 37.8 Å². The van der Waals surface area contributed by atoms with Gasteiger partial charge in [-0.3, -0.25) is 0 Å². The van der Waals surface area contributed by atoms with Gasteiger partial charge in [0, 0.05) is 0 Å². The number of aliphatic hydroxyl groups excluding tert-OH is 1. The predicted octanol–water partition coefficient (Wildman–Crippen LogP) is -1.51. The molecule has 0 saturated heterocycles. The van der Waals surface area contributed by atoms with Crippen molar-refractivity contribution in [2.24, 2.45) is 0 Å². The Balaban J connectivity index is 3.17. The molecule has 0 aliphatic rings. The molecule has 0 aromatic carbocycles. The fourth-order valence-electron chi connectivity index (χ4n) is 0. The van der Waals surface area contributed by atoms with Crippen molar-refractivity contribution in [2.75, 3.05) is 6.61 Å².